The topological polar surface area (TPSA) is 32.3 Å². The van der Waals surface area contributed by atoms with E-state index < -0.39 is 0 Å². The van der Waals surface area contributed by atoms with Crippen molar-refractivity contribution in [1.29, 1.82) is 0 Å². The van der Waals surface area contributed by atoms with Gasteiger partial charge in [-0.15, -0.1) is 0 Å². The molecule has 0 radical (unpaired) electrons. The Morgan fingerprint density at radius 1 is 1.55 bits per heavy atom. The minimum atomic E-state index is -0.00694. The summed E-state index contributed by atoms with van der Waals surface area (Å²) in [7, 11) is 1.82. The smallest absolute Gasteiger partial charge is 0.241 e. The normalized spacial score (nSPS) is 26.4. The minimum absolute atomic E-state index is 0.00694. The van der Waals surface area contributed by atoms with Gasteiger partial charge in [0, 0.05) is 7.05 Å². The summed E-state index contributed by atoms with van der Waals surface area (Å²) in [6.07, 6.45) is 0. The van der Waals surface area contributed by atoms with E-state index in [1.165, 1.54) is 0 Å². The lowest BCUT2D eigenvalue weighted by Gasteiger charge is -2.24. The van der Waals surface area contributed by atoms with Crippen molar-refractivity contribution >= 4 is 5.91 Å². The van der Waals surface area contributed by atoms with Gasteiger partial charge in [0.1, 0.15) is 0 Å². The summed E-state index contributed by atoms with van der Waals surface area (Å²) < 4.78 is 0. The molecule has 0 aromatic rings. The highest BCUT2D eigenvalue weighted by Crippen LogP contribution is 2.23. The zero-order valence-corrected chi connectivity index (χ0v) is 7.64. The Balaban J connectivity index is 2.70. The van der Waals surface area contributed by atoms with Crippen LogP contribution in [0.1, 0.15) is 20.8 Å². The highest BCUT2D eigenvalue weighted by molar-refractivity contribution is 5.84. The summed E-state index contributed by atoms with van der Waals surface area (Å²) in [5.74, 6) is 0.206. The minimum Gasteiger partial charge on any atom is -0.332 e. The third-order valence-electron chi connectivity index (χ3n) is 2.02. The molecule has 1 N–H and O–H groups in total. The molecule has 0 aliphatic carbocycles. The van der Waals surface area contributed by atoms with E-state index in [2.05, 4.69) is 26.1 Å². The molecule has 0 aromatic carbocycles. The maximum Gasteiger partial charge on any atom is 0.241 e. The van der Waals surface area contributed by atoms with Gasteiger partial charge < -0.3 is 4.90 Å². The van der Waals surface area contributed by atoms with Crippen LogP contribution in [0.3, 0.4) is 0 Å². The fourth-order valence-electron chi connectivity index (χ4n) is 1.29. The molecule has 1 rings (SSSR count). The standard InChI is InChI=1S/C8H16N2O/c1-8(2,3)6-7(11)10(4)5-9-6/h6,9H,5H2,1-4H3/t6-/m1/s1. The lowest BCUT2D eigenvalue weighted by atomic mass is 9.87. The fourth-order valence-corrected chi connectivity index (χ4v) is 1.29. The lowest BCUT2D eigenvalue weighted by molar-refractivity contribution is -0.129. The molecule has 0 unspecified atom stereocenters. The van der Waals surface area contributed by atoms with Crippen molar-refractivity contribution in [3.8, 4) is 0 Å². The van der Waals surface area contributed by atoms with E-state index in [-0.39, 0.29) is 17.4 Å². The predicted octanol–water partition coefficient (Wildman–Crippen LogP) is 0.420. The van der Waals surface area contributed by atoms with E-state index in [4.69, 9.17) is 0 Å². The first-order valence-corrected chi connectivity index (χ1v) is 3.91. The summed E-state index contributed by atoms with van der Waals surface area (Å²) >= 11 is 0. The second kappa shape index (κ2) is 2.48. The SMILES string of the molecule is CN1CN[C@@H](C(C)(C)C)C1=O. The van der Waals surface area contributed by atoms with Crippen LogP contribution in [0.25, 0.3) is 0 Å². The number of nitrogens with zero attached hydrogens (tertiary/aromatic N) is 1. The number of carbonyl (C=O) groups is 1. The predicted molar refractivity (Wildman–Crippen MR) is 44.0 cm³/mol. The number of nitrogens with one attached hydrogen (secondary N) is 1. The van der Waals surface area contributed by atoms with E-state index >= 15 is 0 Å². The van der Waals surface area contributed by atoms with Gasteiger partial charge in [0.2, 0.25) is 5.91 Å². The first-order chi connectivity index (χ1) is 4.93. The molecule has 64 valence electrons. The van der Waals surface area contributed by atoms with Gasteiger partial charge in [0.15, 0.2) is 0 Å². The molecule has 1 amide bonds. The maximum absolute atomic E-state index is 11.4. The first kappa shape index (κ1) is 8.53. The zero-order valence-electron chi connectivity index (χ0n) is 7.64. The Morgan fingerprint density at radius 2 is 2.09 bits per heavy atom. The second-order valence-electron chi connectivity index (χ2n) is 4.20. The Hall–Kier alpha value is -0.570. The van der Waals surface area contributed by atoms with Crippen LogP contribution < -0.4 is 5.32 Å². The largest absolute Gasteiger partial charge is 0.332 e. The van der Waals surface area contributed by atoms with Crippen molar-refractivity contribution in [3.05, 3.63) is 0 Å². The Kier molecular flexibility index (Phi) is 1.92. The van der Waals surface area contributed by atoms with E-state index in [1.807, 2.05) is 7.05 Å². The average Bonchev–Trinajstić information content (AvgIpc) is 2.11. The third-order valence-corrected chi connectivity index (χ3v) is 2.02. The van der Waals surface area contributed by atoms with Crippen molar-refractivity contribution in [2.24, 2.45) is 5.41 Å². The van der Waals surface area contributed by atoms with Crippen LogP contribution in [0.15, 0.2) is 0 Å². The van der Waals surface area contributed by atoms with Crippen LogP contribution in [0.4, 0.5) is 0 Å². The number of hydrogen-bond donors (Lipinski definition) is 1. The number of likely N-dealkylation sites (N-methyl/N-ethyl adjacent to an activating group) is 1. The van der Waals surface area contributed by atoms with Crippen LogP contribution in [0, 0.1) is 5.41 Å². The quantitative estimate of drug-likeness (QED) is 0.551. The number of hydrogen-bond acceptors (Lipinski definition) is 2. The highest BCUT2D eigenvalue weighted by atomic mass is 16.2. The molecule has 1 fully saturated rings. The van der Waals surface area contributed by atoms with E-state index in [9.17, 15) is 4.79 Å². The molecule has 3 nitrogen and oxygen atoms in total. The molecule has 0 spiro atoms. The van der Waals surface area contributed by atoms with Crippen LogP contribution in [0.5, 0.6) is 0 Å². The van der Waals surface area contributed by atoms with Crippen molar-refractivity contribution in [2.75, 3.05) is 13.7 Å². The third kappa shape index (κ3) is 1.53. The summed E-state index contributed by atoms with van der Waals surface area (Å²) in [5, 5.41) is 3.17. The van der Waals surface area contributed by atoms with E-state index in [0.29, 0.717) is 6.67 Å². The number of rotatable bonds is 0. The summed E-state index contributed by atoms with van der Waals surface area (Å²) in [6, 6.07) is -0.00694. The van der Waals surface area contributed by atoms with Crippen LogP contribution in [-0.4, -0.2) is 30.6 Å². The van der Waals surface area contributed by atoms with Crippen molar-refractivity contribution in [3.63, 3.8) is 0 Å². The van der Waals surface area contributed by atoms with E-state index in [1.54, 1.807) is 4.90 Å². The fraction of sp³-hybridized carbons (Fsp3) is 0.875. The van der Waals surface area contributed by atoms with Gasteiger partial charge in [-0.3, -0.25) is 10.1 Å². The van der Waals surface area contributed by atoms with E-state index in [0.717, 1.165) is 0 Å². The van der Waals surface area contributed by atoms with Gasteiger partial charge >= 0.3 is 0 Å². The summed E-state index contributed by atoms with van der Waals surface area (Å²) in [5.41, 5.74) is 0.0296. The summed E-state index contributed by atoms with van der Waals surface area (Å²) in [6.45, 7) is 6.89. The molecule has 1 aliphatic rings. The van der Waals surface area contributed by atoms with Gasteiger partial charge in [0.25, 0.3) is 0 Å². The molecule has 11 heavy (non-hydrogen) atoms. The second-order valence-corrected chi connectivity index (χ2v) is 4.20. The van der Waals surface area contributed by atoms with Gasteiger partial charge in [-0.2, -0.15) is 0 Å². The van der Waals surface area contributed by atoms with Crippen molar-refractivity contribution < 1.29 is 4.79 Å². The zero-order chi connectivity index (χ0) is 8.65. The molecule has 0 aromatic heterocycles. The maximum atomic E-state index is 11.4. The molecule has 1 atom stereocenters. The average molecular weight is 156 g/mol. The van der Waals surface area contributed by atoms with Gasteiger partial charge in [-0.05, 0) is 5.41 Å². The van der Waals surface area contributed by atoms with Gasteiger partial charge in [-0.1, -0.05) is 20.8 Å². The lowest BCUT2D eigenvalue weighted by Crippen LogP contribution is -2.40. The van der Waals surface area contributed by atoms with Crippen molar-refractivity contribution in [1.82, 2.24) is 10.2 Å². The molecule has 0 bridgehead atoms. The summed E-state index contributed by atoms with van der Waals surface area (Å²) in [4.78, 5) is 13.1. The monoisotopic (exact) mass is 156 g/mol. The van der Waals surface area contributed by atoms with Crippen LogP contribution >= 0.6 is 0 Å². The molecule has 0 saturated carbocycles. The number of carbonyl (C=O) groups excluding carboxylic acids is 1. The van der Waals surface area contributed by atoms with Crippen LogP contribution in [0.2, 0.25) is 0 Å². The molecular weight excluding hydrogens is 140 g/mol. The molecular formula is C8H16N2O. The van der Waals surface area contributed by atoms with Crippen LogP contribution in [-0.2, 0) is 4.79 Å². The molecule has 1 heterocycles. The Bertz CT molecular complexity index is 171. The molecule has 1 aliphatic heterocycles. The number of amides is 1. The highest BCUT2D eigenvalue weighted by Gasteiger charge is 2.37. The molecule has 3 heteroatoms. The Labute approximate surface area is 67.8 Å². The molecule has 1 saturated heterocycles. The van der Waals surface area contributed by atoms with Gasteiger partial charge in [-0.25, -0.2) is 0 Å². The Morgan fingerprint density at radius 3 is 2.27 bits per heavy atom. The first-order valence-electron chi connectivity index (χ1n) is 3.91. The van der Waals surface area contributed by atoms with Gasteiger partial charge in [0.05, 0.1) is 12.7 Å². The van der Waals surface area contributed by atoms with Crippen molar-refractivity contribution in [2.45, 2.75) is 26.8 Å².